The van der Waals surface area contributed by atoms with E-state index >= 15 is 0 Å². The van der Waals surface area contributed by atoms with E-state index in [4.69, 9.17) is 9.15 Å². The minimum Gasteiger partial charge on any atom is -0.497 e. The van der Waals surface area contributed by atoms with Crippen LogP contribution >= 0.6 is 12.4 Å². The molecule has 6 nitrogen and oxygen atoms in total. The quantitative estimate of drug-likeness (QED) is 0.672. The van der Waals surface area contributed by atoms with E-state index in [1.807, 2.05) is 30.3 Å². The van der Waals surface area contributed by atoms with E-state index in [0.717, 1.165) is 44.5 Å². The van der Waals surface area contributed by atoms with Crippen LogP contribution in [0.15, 0.2) is 39.5 Å². The first-order valence-electron chi connectivity index (χ1n) is 9.85. The average Bonchev–Trinajstić information content (AvgIpc) is 2.72. The molecule has 1 aromatic carbocycles. The van der Waals surface area contributed by atoms with E-state index in [2.05, 4.69) is 10.6 Å². The van der Waals surface area contributed by atoms with Gasteiger partial charge in [0.2, 0.25) is 0 Å². The van der Waals surface area contributed by atoms with E-state index in [1.165, 1.54) is 5.56 Å². The third-order valence-electron chi connectivity index (χ3n) is 5.18. The Hall–Kier alpha value is -2.31. The molecule has 7 heteroatoms. The predicted octanol–water partition coefficient (Wildman–Crippen LogP) is 3.21. The van der Waals surface area contributed by atoms with E-state index in [0.29, 0.717) is 17.9 Å². The Labute approximate surface area is 177 Å². The molecule has 158 valence electrons. The Morgan fingerprint density at radius 2 is 2.07 bits per heavy atom. The molecule has 1 saturated heterocycles. The summed E-state index contributed by atoms with van der Waals surface area (Å²) in [7, 11) is 1.64. The minimum absolute atomic E-state index is 0. The number of hydrogen-bond acceptors (Lipinski definition) is 5. The Bertz CT molecular complexity index is 858. The zero-order valence-corrected chi connectivity index (χ0v) is 17.8. The molecule has 0 radical (unpaired) electrons. The zero-order chi connectivity index (χ0) is 19.9. The molecule has 2 aromatic rings. The van der Waals surface area contributed by atoms with Gasteiger partial charge in [-0.3, -0.25) is 4.79 Å². The Morgan fingerprint density at radius 1 is 1.31 bits per heavy atom. The number of halogens is 1. The highest BCUT2D eigenvalue weighted by atomic mass is 35.5. The molecule has 1 aromatic heterocycles. The lowest BCUT2D eigenvalue weighted by Crippen LogP contribution is -2.32. The molecule has 2 heterocycles. The molecule has 29 heavy (non-hydrogen) atoms. The number of carbonyl (C=O) groups excluding carboxylic acids is 1. The molecule has 1 aliphatic rings. The molecular weight excluding hydrogens is 392 g/mol. The van der Waals surface area contributed by atoms with Gasteiger partial charge in [0.05, 0.1) is 7.11 Å². The second-order valence-corrected chi connectivity index (χ2v) is 7.25. The summed E-state index contributed by atoms with van der Waals surface area (Å²) in [6, 6.07) is 9.71. The first kappa shape index (κ1) is 23.0. The molecule has 1 atom stereocenters. The molecule has 0 saturated carbocycles. The maximum absolute atomic E-state index is 12.5. The molecule has 1 amide bonds. The SMILES string of the molecule is COc1ccc(CCCNC(=O)c2c(C)cc(C3CCCNC3)oc2=O)cc1.Cl. The van der Waals surface area contributed by atoms with Gasteiger partial charge in [-0.25, -0.2) is 4.79 Å². The summed E-state index contributed by atoms with van der Waals surface area (Å²) in [5.41, 5.74) is 1.41. The second-order valence-electron chi connectivity index (χ2n) is 7.25. The van der Waals surface area contributed by atoms with Gasteiger partial charge in [-0.2, -0.15) is 0 Å². The van der Waals surface area contributed by atoms with Crippen molar-refractivity contribution < 1.29 is 13.9 Å². The summed E-state index contributed by atoms with van der Waals surface area (Å²) in [5.74, 6) is 1.33. The topological polar surface area (TPSA) is 80.6 Å². The van der Waals surface area contributed by atoms with Gasteiger partial charge in [-0.05, 0) is 68.5 Å². The number of amides is 1. The van der Waals surface area contributed by atoms with Crippen LogP contribution in [0, 0.1) is 6.92 Å². The largest absolute Gasteiger partial charge is 0.497 e. The van der Waals surface area contributed by atoms with Gasteiger partial charge in [-0.1, -0.05) is 12.1 Å². The number of rotatable bonds is 7. The highest BCUT2D eigenvalue weighted by Gasteiger charge is 2.22. The number of carbonyl (C=O) groups is 1. The van der Waals surface area contributed by atoms with E-state index in [1.54, 1.807) is 14.0 Å². The van der Waals surface area contributed by atoms with Crippen molar-refractivity contribution in [3.05, 3.63) is 63.2 Å². The van der Waals surface area contributed by atoms with Gasteiger partial charge < -0.3 is 19.8 Å². The van der Waals surface area contributed by atoms with Gasteiger partial charge in [0.1, 0.15) is 17.1 Å². The maximum Gasteiger partial charge on any atom is 0.349 e. The fourth-order valence-electron chi connectivity index (χ4n) is 3.58. The summed E-state index contributed by atoms with van der Waals surface area (Å²) >= 11 is 0. The highest BCUT2D eigenvalue weighted by Crippen LogP contribution is 2.23. The summed E-state index contributed by atoms with van der Waals surface area (Å²) < 4.78 is 10.6. The molecule has 0 bridgehead atoms. The number of methoxy groups -OCH3 is 1. The van der Waals surface area contributed by atoms with E-state index < -0.39 is 5.63 Å². The Kier molecular flexibility index (Phi) is 8.73. The maximum atomic E-state index is 12.5. The van der Waals surface area contributed by atoms with Crippen LogP contribution < -0.4 is 21.0 Å². The second kappa shape index (κ2) is 11.0. The van der Waals surface area contributed by atoms with E-state index in [9.17, 15) is 9.59 Å². The van der Waals surface area contributed by atoms with Crippen LogP contribution in [0.4, 0.5) is 0 Å². The number of hydrogen-bond donors (Lipinski definition) is 2. The van der Waals surface area contributed by atoms with Crippen LogP contribution in [0.1, 0.15) is 52.4 Å². The monoisotopic (exact) mass is 420 g/mol. The Balaban J connectivity index is 0.00000300. The first-order valence-corrected chi connectivity index (χ1v) is 9.85. The number of piperidine rings is 1. The Morgan fingerprint density at radius 3 is 2.69 bits per heavy atom. The third kappa shape index (κ3) is 6.08. The van der Waals surface area contributed by atoms with Crippen molar-refractivity contribution >= 4 is 18.3 Å². The lowest BCUT2D eigenvalue weighted by molar-refractivity contribution is 0.0948. The number of benzene rings is 1. The van der Waals surface area contributed by atoms with Gasteiger partial charge >= 0.3 is 5.63 Å². The first-order chi connectivity index (χ1) is 13.6. The van der Waals surface area contributed by atoms with Crippen LogP contribution in [0.3, 0.4) is 0 Å². The standard InChI is InChI=1S/C22H28N2O4.ClH/c1-15-13-19(17-6-4-11-23-14-17)28-22(26)20(15)21(25)24-12-3-5-16-7-9-18(27-2)10-8-16;/h7-10,13,17,23H,3-6,11-12,14H2,1-2H3,(H,24,25);1H. The van der Waals surface area contributed by atoms with Crippen molar-refractivity contribution in [2.24, 2.45) is 0 Å². The van der Waals surface area contributed by atoms with Crippen molar-refractivity contribution in [2.75, 3.05) is 26.7 Å². The normalized spacial score (nSPS) is 16.0. The van der Waals surface area contributed by atoms with Crippen molar-refractivity contribution in [1.82, 2.24) is 10.6 Å². The molecule has 3 rings (SSSR count). The van der Waals surface area contributed by atoms with Gasteiger partial charge in [0.25, 0.3) is 5.91 Å². The number of ether oxygens (including phenoxy) is 1. The van der Waals surface area contributed by atoms with Gasteiger partial charge in [-0.15, -0.1) is 12.4 Å². The smallest absolute Gasteiger partial charge is 0.349 e. The summed E-state index contributed by atoms with van der Waals surface area (Å²) in [6.45, 7) is 4.09. The average molecular weight is 421 g/mol. The fraction of sp³-hybridized carbons (Fsp3) is 0.455. The van der Waals surface area contributed by atoms with Gasteiger partial charge in [0, 0.05) is 19.0 Å². The van der Waals surface area contributed by atoms with Crippen LogP contribution in [-0.4, -0.2) is 32.7 Å². The molecule has 1 unspecified atom stereocenters. The van der Waals surface area contributed by atoms with Crippen molar-refractivity contribution in [3.8, 4) is 5.75 Å². The molecule has 1 aliphatic heterocycles. The van der Waals surface area contributed by atoms with E-state index in [-0.39, 0.29) is 29.8 Å². The van der Waals surface area contributed by atoms with Crippen LogP contribution in [0.25, 0.3) is 0 Å². The van der Waals surface area contributed by atoms with Crippen LogP contribution in [0.2, 0.25) is 0 Å². The molecule has 1 fully saturated rings. The highest BCUT2D eigenvalue weighted by molar-refractivity contribution is 5.95. The van der Waals surface area contributed by atoms with Crippen molar-refractivity contribution in [3.63, 3.8) is 0 Å². The third-order valence-corrected chi connectivity index (χ3v) is 5.18. The zero-order valence-electron chi connectivity index (χ0n) is 17.0. The number of nitrogens with one attached hydrogen (secondary N) is 2. The number of aryl methyl sites for hydroxylation is 2. The van der Waals surface area contributed by atoms with Crippen LogP contribution in [-0.2, 0) is 6.42 Å². The van der Waals surface area contributed by atoms with Crippen molar-refractivity contribution in [2.45, 2.75) is 38.5 Å². The molecule has 0 aliphatic carbocycles. The minimum atomic E-state index is -0.548. The van der Waals surface area contributed by atoms with Crippen LogP contribution in [0.5, 0.6) is 5.75 Å². The van der Waals surface area contributed by atoms with Crippen molar-refractivity contribution in [1.29, 1.82) is 0 Å². The molecular formula is C22H29ClN2O4. The summed E-state index contributed by atoms with van der Waals surface area (Å²) in [6.07, 6.45) is 3.68. The predicted molar refractivity (Wildman–Crippen MR) is 115 cm³/mol. The lowest BCUT2D eigenvalue weighted by atomic mass is 9.95. The molecule has 2 N–H and O–H groups in total. The summed E-state index contributed by atoms with van der Waals surface area (Å²) in [5, 5.41) is 6.15. The fourth-order valence-corrected chi connectivity index (χ4v) is 3.58. The summed E-state index contributed by atoms with van der Waals surface area (Å²) in [4.78, 5) is 24.9. The molecule has 0 spiro atoms. The van der Waals surface area contributed by atoms with Gasteiger partial charge in [0.15, 0.2) is 0 Å². The lowest BCUT2D eigenvalue weighted by Gasteiger charge is -2.22.